The summed E-state index contributed by atoms with van der Waals surface area (Å²) in [4.78, 5) is 4.81. The van der Waals surface area contributed by atoms with Crippen molar-refractivity contribution in [3.8, 4) is 34.1 Å². The van der Waals surface area contributed by atoms with E-state index in [0.717, 1.165) is 70.1 Å². The van der Waals surface area contributed by atoms with Gasteiger partial charge in [0.05, 0.1) is 6.20 Å². The van der Waals surface area contributed by atoms with Crippen molar-refractivity contribution in [3.63, 3.8) is 0 Å². The van der Waals surface area contributed by atoms with Gasteiger partial charge in [-0.25, -0.2) is 4.98 Å². The Morgan fingerprint density at radius 1 is 0.685 bits per heavy atom. The molecule has 0 fully saturated rings. The fourth-order valence-electron chi connectivity index (χ4n) is 7.18. The Hall–Kier alpha value is -4.47. The van der Waals surface area contributed by atoms with Gasteiger partial charge in [0, 0.05) is 35.0 Å². The van der Waals surface area contributed by atoms with Gasteiger partial charge in [0.25, 0.3) is 0 Å². The molecule has 3 aromatic heterocycles. The summed E-state index contributed by atoms with van der Waals surface area (Å²) in [5.74, 6) is 4.10. The quantitative estimate of drug-likeness (QED) is 0.108. The largest absolute Gasteiger partial charge is 2.00 e. The molecule has 0 unspecified atom stereocenters. The second-order valence-corrected chi connectivity index (χ2v) is 15.9. The summed E-state index contributed by atoms with van der Waals surface area (Å²) in [6.07, 6.45) is 10.5. The normalized spacial score (nSPS) is 11.8. The first-order valence-corrected chi connectivity index (χ1v) is 19.4. The van der Waals surface area contributed by atoms with Crippen molar-refractivity contribution in [1.82, 2.24) is 19.3 Å². The Morgan fingerprint density at radius 2 is 1.39 bits per heavy atom. The van der Waals surface area contributed by atoms with Crippen molar-refractivity contribution in [2.45, 2.75) is 92.9 Å². The van der Waals surface area contributed by atoms with Gasteiger partial charge >= 0.3 is 21.1 Å². The van der Waals surface area contributed by atoms with Gasteiger partial charge in [-0.05, 0) is 101 Å². The van der Waals surface area contributed by atoms with Crippen molar-refractivity contribution in [1.29, 1.82) is 0 Å². The molecule has 0 N–H and O–H groups in total. The van der Waals surface area contributed by atoms with Gasteiger partial charge in [0.2, 0.25) is 0 Å². The zero-order valence-corrected chi connectivity index (χ0v) is 35.2. The van der Waals surface area contributed by atoms with Crippen LogP contribution < -0.4 is 4.74 Å². The summed E-state index contributed by atoms with van der Waals surface area (Å²) in [5, 5.41) is 7.19. The van der Waals surface area contributed by atoms with E-state index in [0.29, 0.717) is 29.3 Å². The maximum absolute atomic E-state index is 6.64. The van der Waals surface area contributed by atoms with Crippen molar-refractivity contribution in [2.24, 2.45) is 11.8 Å². The van der Waals surface area contributed by atoms with Gasteiger partial charge in [-0.3, -0.25) is 4.68 Å². The van der Waals surface area contributed by atoms with Gasteiger partial charge in [0.15, 0.2) is 0 Å². The summed E-state index contributed by atoms with van der Waals surface area (Å²) in [7, 11) is 0. The van der Waals surface area contributed by atoms with Crippen LogP contribution in [0, 0.1) is 24.0 Å². The predicted molar refractivity (Wildman–Crippen MR) is 220 cm³/mol. The molecule has 0 spiro atoms. The number of nitrogens with zero attached hydrogens (tertiary/aromatic N) is 4. The van der Waals surface area contributed by atoms with Crippen molar-refractivity contribution in [3.05, 3.63) is 132 Å². The third-order valence-electron chi connectivity index (χ3n) is 10.3. The third kappa shape index (κ3) is 8.42. The van der Waals surface area contributed by atoms with Crippen LogP contribution in [0.4, 0.5) is 0 Å². The fourth-order valence-corrected chi connectivity index (χ4v) is 7.18. The molecule has 280 valence electrons. The summed E-state index contributed by atoms with van der Waals surface area (Å²) < 4.78 is 10.8. The maximum atomic E-state index is 6.64. The molecule has 4 aromatic carbocycles. The average molecular weight is 896 g/mol. The van der Waals surface area contributed by atoms with E-state index < -0.39 is 0 Å². The molecule has 0 aliphatic rings. The van der Waals surface area contributed by atoms with Crippen LogP contribution in [0.3, 0.4) is 0 Å². The molecule has 0 bridgehead atoms. The van der Waals surface area contributed by atoms with E-state index in [1.807, 2.05) is 23.1 Å². The second kappa shape index (κ2) is 16.9. The van der Waals surface area contributed by atoms with E-state index in [4.69, 9.17) is 14.8 Å². The van der Waals surface area contributed by atoms with E-state index in [1.54, 1.807) is 0 Å². The second-order valence-electron chi connectivity index (χ2n) is 15.9. The van der Waals surface area contributed by atoms with Crippen LogP contribution in [-0.4, -0.2) is 19.3 Å². The minimum Gasteiger partial charge on any atom is -0.509 e. The molecule has 54 heavy (non-hydrogen) atoms. The van der Waals surface area contributed by atoms with Crippen LogP contribution in [0.5, 0.6) is 11.5 Å². The molecular weight excluding hydrogens is 844 g/mol. The van der Waals surface area contributed by atoms with E-state index in [2.05, 4.69) is 151 Å². The van der Waals surface area contributed by atoms with Crippen LogP contribution in [0.25, 0.3) is 44.4 Å². The van der Waals surface area contributed by atoms with Crippen LogP contribution >= 0.6 is 0 Å². The van der Waals surface area contributed by atoms with Gasteiger partial charge < -0.3 is 9.30 Å². The molecule has 7 rings (SSSR count). The zero-order valence-electron chi connectivity index (χ0n) is 32.9. The molecule has 0 atom stereocenters. The van der Waals surface area contributed by atoms with Crippen molar-refractivity contribution in [2.75, 3.05) is 0 Å². The number of aryl methyl sites for hydroxylation is 2. The van der Waals surface area contributed by atoms with Crippen LogP contribution in [0.2, 0.25) is 0 Å². The average Bonchev–Trinajstić information content (AvgIpc) is 3.76. The number of ether oxygens (including phenoxy) is 1. The van der Waals surface area contributed by atoms with E-state index in [9.17, 15) is 0 Å². The maximum Gasteiger partial charge on any atom is 2.00 e. The number of aromatic nitrogens is 4. The number of pyridine rings is 1. The van der Waals surface area contributed by atoms with Crippen molar-refractivity contribution < 1.29 is 25.8 Å². The Balaban J connectivity index is 0.00000497. The minimum atomic E-state index is 0. The summed E-state index contributed by atoms with van der Waals surface area (Å²) in [5.41, 5.74) is 10.6. The molecule has 0 amide bonds. The SMILES string of the molecule is CC(C)CCc1cccc(CCC(C)C)c1-c1cnn(-c2[c-]c(Oc3[c-]c4c(cc3)c3ccccc3n4-c3cc(C(C)C)ccn3)cc(C(C)C)c2)c1.[Pt+2]. The van der Waals surface area contributed by atoms with Gasteiger partial charge in [-0.1, -0.05) is 97.3 Å². The van der Waals surface area contributed by atoms with Gasteiger partial charge in [-0.15, -0.1) is 41.3 Å². The Morgan fingerprint density at radius 3 is 2.07 bits per heavy atom. The van der Waals surface area contributed by atoms with Crippen LogP contribution in [-0.2, 0) is 33.9 Å². The molecule has 7 aromatic rings. The van der Waals surface area contributed by atoms with Crippen molar-refractivity contribution >= 4 is 21.8 Å². The number of benzene rings is 4. The Labute approximate surface area is 336 Å². The van der Waals surface area contributed by atoms with Gasteiger partial charge in [-0.2, -0.15) is 11.2 Å². The number of hydrogen-bond donors (Lipinski definition) is 0. The summed E-state index contributed by atoms with van der Waals surface area (Å²) >= 11 is 0. The molecular formula is C48H52N4OPt. The first-order chi connectivity index (χ1) is 25.5. The molecule has 0 radical (unpaired) electrons. The fraction of sp³-hybridized carbons (Fsp3) is 0.333. The number of fused-ring (bicyclic) bond motifs is 3. The number of rotatable bonds is 13. The first kappa shape index (κ1) is 39.2. The standard InChI is InChI=1S/C48H52N4O.Pt/c1-31(2)16-18-35-12-11-13-36(19-17-32(3)4)48(35)39-29-50-51(30-39)40-24-38(34(7)8)25-42(27-40)53-41-20-21-44-43-14-9-10-15-45(43)52(46(44)28-41)47-26-37(33(5)6)22-23-49-47;/h9-15,20-26,29-34H,16-19H2,1-8H3;/q-2;+2. The third-order valence-corrected chi connectivity index (χ3v) is 10.3. The van der Waals surface area contributed by atoms with Gasteiger partial charge in [0.1, 0.15) is 5.82 Å². The van der Waals surface area contributed by atoms with E-state index >= 15 is 0 Å². The minimum absolute atomic E-state index is 0. The molecule has 5 nitrogen and oxygen atoms in total. The predicted octanol–water partition coefficient (Wildman–Crippen LogP) is 12.8. The Bertz CT molecular complexity index is 2330. The van der Waals surface area contributed by atoms with Crippen LogP contribution in [0.1, 0.15) is 102 Å². The first-order valence-electron chi connectivity index (χ1n) is 19.4. The van der Waals surface area contributed by atoms with E-state index in [1.165, 1.54) is 22.3 Å². The van der Waals surface area contributed by atoms with E-state index in [-0.39, 0.29) is 27.0 Å². The molecule has 3 heterocycles. The number of para-hydroxylation sites is 1. The molecule has 0 saturated carbocycles. The topological polar surface area (TPSA) is 44.9 Å². The summed E-state index contributed by atoms with van der Waals surface area (Å²) in [6, 6.07) is 35.2. The van der Waals surface area contributed by atoms with Crippen LogP contribution in [0.15, 0.2) is 97.5 Å². The molecule has 6 heteroatoms. The molecule has 0 aliphatic heterocycles. The summed E-state index contributed by atoms with van der Waals surface area (Å²) in [6.45, 7) is 18.0. The Kier molecular flexibility index (Phi) is 12.3. The molecule has 0 aliphatic carbocycles. The molecule has 0 saturated heterocycles. The number of hydrogen-bond acceptors (Lipinski definition) is 3. The zero-order chi connectivity index (χ0) is 37.2. The monoisotopic (exact) mass is 895 g/mol. The smallest absolute Gasteiger partial charge is 0.509 e.